The number of aliphatic hydroxyl groups is 1. The predicted octanol–water partition coefficient (Wildman–Crippen LogP) is 4.42. The van der Waals surface area contributed by atoms with Crippen LogP contribution in [0.4, 0.5) is 0 Å². The Morgan fingerprint density at radius 3 is 2.42 bits per heavy atom. The summed E-state index contributed by atoms with van der Waals surface area (Å²) in [7, 11) is 0. The van der Waals surface area contributed by atoms with Crippen molar-refractivity contribution in [1.29, 1.82) is 0 Å². The summed E-state index contributed by atoms with van der Waals surface area (Å²) in [6.45, 7) is 0. The number of halogens is 1. The van der Waals surface area contributed by atoms with Gasteiger partial charge in [-0.25, -0.2) is 4.98 Å². The zero-order valence-corrected chi connectivity index (χ0v) is 14.0. The van der Waals surface area contributed by atoms with E-state index >= 15 is 0 Å². The van der Waals surface area contributed by atoms with Gasteiger partial charge in [0.25, 0.3) is 0 Å². The highest BCUT2D eigenvalue weighted by atomic mass is 35.5. The Morgan fingerprint density at radius 2 is 1.79 bits per heavy atom. The highest BCUT2D eigenvalue weighted by Gasteiger charge is 2.52. The summed E-state index contributed by atoms with van der Waals surface area (Å²) in [5.74, 6) is 0.212. The van der Waals surface area contributed by atoms with E-state index in [1.165, 1.54) is 0 Å². The lowest BCUT2D eigenvalue weighted by molar-refractivity contribution is -0.0252. The van der Waals surface area contributed by atoms with Crippen LogP contribution < -0.4 is 0 Å². The van der Waals surface area contributed by atoms with Gasteiger partial charge in [-0.1, -0.05) is 60.1 Å². The molecule has 1 aliphatic rings. The molecule has 3 aromatic rings. The van der Waals surface area contributed by atoms with Crippen LogP contribution in [0.2, 0.25) is 5.02 Å². The van der Waals surface area contributed by atoms with E-state index in [0.717, 1.165) is 24.0 Å². The molecule has 24 heavy (non-hydrogen) atoms. The van der Waals surface area contributed by atoms with Gasteiger partial charge in [0.05, 0.1) is 12.4 Å². The second-order valence-corrected chi connectivity index (χ2v) is 6.81. The number of benzene rings is 2. The van der Waals surface area contributed by atoms with Crippen molar-refractivity contribution in [3.63, 3.8) is 0 Å². The molecular weight excluding hydrogens is 320 g/mol. The fourth-order valence-electron chi connectivity index (χ4n) is 3.59. The molecule has 122 valence electrons. The van der Waals surface area contributed by atoms with Crippen molar-refractivity contribution in [3.8, 4) is 0 Å². The molecule has 2 atom stereocenters. The van der Waals surface area contributed by atoms with Gasteiger partial charge in [0.2, 0.25) is 0 Å². The van der Waals surface area contributed by atoms with E-state index in [1.807, 2.05) is 65.4 Å². The summed E-state index contributed by atoms with van der Waals surface area (Å²) in [6.07, 6.45) is 7.42. The van der Waals surface area contributed by atoms with Crippen LogP contribution in [0.3, 0.4) is 0 Å². The molecule has 0 amide bonds. The molecule has 4 heteroatoms. The quantitative estimate of drug-likeness (QED) is 0.747. The van der Waals surface area contributed by atoms with E-state index in [9.17, 15) is 5.11 Å². The van der Waals surface area contributed by atoms with E-state index in [0.29, 0.717) is 5.02 Å². The highest BCUT2D eigenvalue weighted by molar-refractivity contribution is 6.31. The molecule has 0 saturated heterocycles. The Balaban J connectivity index is 1.93. The van der Waals surface area contributed by atoms with Crippen molar-refractivity contribution < 1.29 is 5.11 Å². The highest BCUT2D eigenvalue weighted by Crippen LogP contribution is 2.54. The van der Waals surface area contributed by atoms with Crippen LogP contribution in [0.25, 0.3) is 0 Å². The van der Waals surface area contributed by atoms with Gasteiger partial charge in [-0.3, -0.25) is 0 Å². The predicted molar refractivity (Wildman–Crippen MR) is 94.9 cm³/mol. The number of rotatable bonds is 5. The minimum absolute atomic E-state index is 0.212. The van der Waals surface area contributed by atoms with Crippen LogP contribution in [-0.4, -0.2) is 14.7 Å². The van der Waals surface area contributed by atoms with Crippen LogP contribution in [0.1, 0.15) is 30.0 Å². The van der Waals surface area contributed by atoms with E-state index in [2.05, 4.69) is 4.98 Å². The second kappa shape index (κ2) is 6.08. The fourth-order valence-corrected chi connectivity index (χ4v) is 3.83. The zero-order chi connectivity index (χ0) is 16.6. The van der Waals surface area contributed by atoms with E-state index < -0.39 is 5.60 Å². The third-order valence-electron chi connectivity index (χ3n) is 4.88. The molecule has 1 aliphatic carbocycles. The summed E-state index contributed by atoms with van der Waals surface area (Å²) in [6, 6.07) is 17.3. The van der Waals surface area contributed by atoms with Crippen LogP contribution >= 0.6 is 11.6 Å². The van der Waals surface area contributed by atoms with Crippen LogP contribution in [-0.2, 0) is 5.60 Å². The van der Waals surface area contributed by atoms with E-state index in [-0.39, 0.29) is 12.0 Å². The van der Waals surface area contributed by atoms with Crippen molar-refractivity contribution in [2.45, 2.75) is 24.5 Å². The topological polar surface area (TPSA) is 38.0 Å². The van der Waals surface area contributed by atoms with E-state index in [4.69, 9.17) is 11.6 Å². The number of hydrogen-bond donors (Lipinski definition) is 1. The molecule has 1 heterocycles. The smallest absolute Gasteiger partial charge is 0.117 e. The van der Waals surface area contributed by atoms with Crippen molar-refractivity contribution in [2.75, 3.05) is 0 Å². The average molecular weight is 339 g/mol. The molecule has 1 N–H and O–H groups in total. The fraction of sp³-hybridized carbons (Fsp3) is 0.250. The molecular formula is C20H19ClN2O. The summed E-state index contributed by atoms with van der Waals surface area (Å²) in [5, 5.41) is 12.6. The molecule has 3 nitrogen and oxygen atoms in total. The van der Waals surface area contributed by atoms with Gasteiger partial charge < -0.3 is 9.67 Å². The lowest BCUT2D eigenvalue weighted by atomic mass is 9.78. The number of hydrogen-bond acceptors (Lipinski definition) is 2. The summed E-state index contributed by atoms with van der Waals surface area (Å²) >= 11 is 6.51. The molecule has 0 bridgehead atoms. The van der Waals surface area contributed by atoms with Crippen molar-refractivity contribution in [3.05, 3.63) is 89.5 Å². The standard InChI is InChI=1S/C20H19ClN2O/c21-18-9-5-4-8-17(18)19(23-13-12-22-14-23)20(24,16-10-11-16)15-6-2-1-3-7-15/h1-9,12-14,16,19,24H,10-11H2. The first-order valence-electron chi connectivity index (χ1n) is 8.21. The van der Waals surface area contributed by atoms with Crippen LogP contribution in [0.15, 0.2) is 73.3 Å². The van der Waals surface area contributed by atoms with Gasteiger partial charge in [-0.15, -0.1) is 0 Å². The molecule has 0 spiro atoms. The van der Waals surface area contributed by atoms with Crippen molar-refractivity contribution in [1.82, 2.24) is 9.55 Å². The molecule has 2 unspecified atom stereocenters. The van der Waals surface area contributed by atoms with Gasteiger partial charge >= 0.3 is 0 Å². The number of nitrogens with zero attached hydrogens (tertiary/aromatic N) is 2. The van der Waals surface area contributed by atoms with E-state index in [1.54, 1.807) is 12.5 Å². The minimum Gasteiger partial charge on any atom is -0.382 e. The van der Waals surface area contributed by atoms with Gasteiger partial charge in [-0.05, 0) is 36.0 Å². The molecule has 2 aromatic carbocycles. The van der Waals surface area contributed by atoms with Gasteiger partial charge in [0.15, 0.2) is 0 Å². The number of aromatic nitrogens is 2. The first-order valence-corrected chi connectivity index (χ1v) is 8.59. The second-order valence-electron chi connectivity index (χ2n) is 6.40. The maximum atomic E-state index is 11.9. The summed E-state index contributed by atoms with van der Waals surface area (Å²) in [5.41, 5.74) is 0.814. The maximum Gasteiger partial charge on any atom is 0.117 e. The molecule has 0 aliphatic heterocycles. The average Bonchev–Trinajstić information content (AvgIpc) is 3.35. The zero-order valence-electron chi connectivity index (χ0n) is 13.2. The third kappa shape index (κ3) is 2.54. The molecule has 1 fully saturated rings. The Morgan fingerprint density at radius 1 is 1.08 bits per heavy atom. The third-order valence-corrected chi connectivity index (χ3v) is 5.22. The maximum absolute atomic E-state index is 11.9. The molecule has 1 saturated carbocycles. The molecule has 1 aromatic heterocycles. The van der Waals surface area contributed by atoms with Gasteiger partial charge in [-0.2, -0.15) is 0 Å². The Bertz CT molecular complexity index is 815. The van der Waals surface area contributed by atoms with Gasteiger partial charge in [0.1, 0.15) is 5.60 Å². The minimum atomic E-state index is -1.02. The Kier molecular flexibility index (Phi) is 3.91. The Labute approximate surface area is 146 Å². The monoisotopic (exact) mass is 338 g/mol. The SMILES string of the molecule is OC(c1ccccc1)(C1CC1)C(c1ccccc1Cl)n1ccnc1. The van der Waals surface area contributed by atoms with Crippen molar-refractivity contribution in [2.24, 2.45) is 5.92 Å². The van der Waals surface area contributed by atoms with Crippen LogP contribution in [0.5, 0.6) is 0 Å². The van der Waals surface area contributed by atoms with Crippen LogP contribution in [0, 0.1) is 5.92 Å². The summed E-state index contributed by atoms with van der Waals surface area (Å²) < 4.78 is 1.96. The lowest BCUT2D eigenvalue weighted by Crippen LogP contribution is -2.39. The first-order chi connectivity index (χ1) is 11.7. The van der Waals surface area contributed by atoms with Gasteiger partial charge in [0, 0.05) is 17.4 Å². The largest absolute Gasteiger partial charge is 0.382 e. The summed E-state index contributed by atoms with van der Waals surface area (Å²) in [4.78, 5) is 4.19. The number of imidazole rings is 1. The first kappa shape index (κ1) is 15.4. The van der Waals surface area contributed by atoms with Crippen molar-refractivity contribution >= 4 is 11.6 Å². The Hall–Kier alpha value is -2.10. The molecule has 0 radical (unpaired) electrons. The molecule has 4 rings (SSSR count). The normalized spacial score (nSPS) is 18.1. The lowest BCUT2D eigenvalue weighted by Gasteiger charge is -2.38.